The van der Waals surface area contributed by atoms with E-state index in [0.29, 0.717) is 37.2 Å². The summed E-state index contributed by atoms with van der Waals surface area (Å²) in [5.74, 6) is 0. The number of nitrogens with zero attached hydrogens (tertiary/aromatic N) is 2. The van der Waals surface area contributed by atoms with E-state index >= 15 is 0 Å². The summed E-state index contributed by atoms with van der Waals surface area (Å²) >= 11 is 0. The number of nitro groups is 1. The molecule has 0 bridgehead atoms. The van der Waals surface area contributed by atoms with Gasteiger partial charge < -0.3 is 15.1 Å². The lowest BCUT2D eigenvalue weighted by Crippen LogP contribution is -2.42. The molecule has 0 amide bonds. The van der Waals surface area contributed by atoms with Crippen LogP contribution < -0.4 is 4.90 Å². The SMILES string of the molecule is C[C@@H](O)c1ccc(N2CCC(C)(O)CC2)c([N+](=O)[O-])c1. The van der Waals surface area contributed by atoms with Crippen molar-refractivity contribution in [2.45, 2.75) is 38.4 Å². The van der Waals surface area contributed by atoms with Crippen LogP contribution in [-0.2, 0) is 0 Å². The quantitative estimate of drug-likeness (QED) is 0.653. The van der Waals surface area contributed by atoms with Gasteiger partial charge >= 0.3 is 0 Å². The van der Waals surface area contributed by atoms with Crippen LogP contribution in [0.25, 0.3) is 0 Å². The number of nitro benzene ring substituents is 1. The van der Waals surface area contributed by atoms with Crippen molar-refractivity contribution in [2.75, 3.05) is 18.0 Å². The van der Waals surface area contributed by atoms with Crippen molar-refractivity contribution in [2.24, 2.45) is 0 Å². The summed E-state index contributed by atoms with van der Waals surface area (Å²) in [4.78, 5) is 12.7. The summed E-state index contributed by atoms with van der Waals surface area (Å²) < 4.78 is 0. The summed E-state index contributed by atoms with van der Waals surface area (Å²) in [6.45, 7) is 4.54. The van der Waals surface area contributed by atoms with E-state index in [1.807, 2.05) is 4.90 Å². The third-order valence-corrected chi connectivity index (χ3v) is 3.86. The zero-order chi connectivity index (χ0) is 14.9. The average Bonchev–Trinajstić information content (AvgIpc) is 2.38. The Kier molecular flexibility index (Phi) is 3.96. The molecular formula is C14H20N2O4. The van der Waals surface area contributed by atoms with E-state index in [2.05, 4.69) is 0 Å². The molecule has 1 atom stereocenters. The molecule has 1 saturated heterocycles. The number of piperidine rings is 1. The Morgan fingerprint density at radius 1 is 1.40 bits per heavy atom. The van der Waals surface area contributed by atoms with Gasteiger partial charge in [-0.3, -0.25) is 10.1 Å². The van der Waals surface area contributed by atoms with Gasteiger partial charge in [0, 0.05) is 19.2 Å². The van der Waals surface area contributed by atoms with Crippen molar-refractivity contribution in [3.05, 3.63) is 33.9 Å². The Morgan fingerprint density at radius 3 is 2.50 bits per heavy atom. The van der Waals surface area contributed by atoms with Gasteiger partial charge in [-0.15, -0.1) is 0 Å². The molecule has 0 saturated carbocycles. The summed E-state index contributed by atoms with van der Waals surface area (Å²) in [5.41, 5.74) is 0.398. The van der Waals surface area contributed by atoms with Crippen molar-refractivity contribution in [3.8, 4) is 0 Å². The third kappa shape index (κ3) is 3.08. The van der Waals surface area contributed by atoms with E-state index in [4.69, 9.17) is 0 Å². The molecule has 0 aliphatic carbocycles. The van der Waals surface area contributed by atoms with E-state index in [-0.39, 0.29) is 5.69 Å². The van der Waals surface area contributed by atoms with Crippen LogP contribution in [0.1, 0.15) is 38.4 Å². The Balaban J connectivity index is 2.30. The van der Waals surface area contributed by atoms with Crippen LogP contribution in [0.5, 0.6) is 0 Å². The minimum atomic E-state index is -0.732. The number of benzene rings is 1. The van der Waals surface area contributed by atoms with Crippen molar-refractivity contribution in [3.63, 3.8) is 0 Å². The average molecular weight is 280 g/mol. The van der Waals surface area contributed by atoms with Gasteiger partial charge in [0.05, 0.1) is 16.6 Å². The maximum absolute atomic E-state index is 11.2. The second kappa shape index (κ2) is 5.38. The summed E-state index contributed by atoms with van der Waals surface area (Å²) in [5, 5.41) is 30.7. The van der Waals surface area contributed by atoms with Crippen LogP contribution in [0.3, 0.4) is 0 Å². The molecule has 1 aliphatic rings. The number of rotatable bonds is 3. The van der Waals surface area contributed by atoms with Gasteiger partial charge in [-0.2, -0.15) is 0 Å². The Bertz CT molecular complexity index is 504. The number of hydrogen-bond acceptors (Lipinski definition) is 5. The molecule has 0 unspecified atom stereocenters. The number of aliphatic hydroxyl groups is 2. The van der Waals surface area contributed by atoms with Crippen molar-refractivity contribution in [1.82, 2.24) is 0 Å². The Morgan fingerprint density at radius 2 is 2.00 bits per heavy atom. The van der Waals surface area contributed by atoms with Gasteiger partial charge in [0.15, 0.2) is 0 Å². The lowest BCUT2D eigenvalue weighted by atomic mass is 9.93. The zero-order valence-electron chi connectivity index (χ0n) is 11.7. The topological polar surface area (TPSA) is 86.8 Å². The maximum atomic E-state index is 11.2. The van der Waals surface area contributed by atoms with Gasteiger partial charge in [-0.1, -0.05) is 6.07 Å². The molecular weight excluding hydrogens is 260 g/mol. The highest BCUT2D eigenvalue weighted by Gasteiger charge is 2.30. The van der Waals surface area contributed by atoms with Crippen molar-refractivity contribution in [1.29, 1.82) is 0 Å². The van der Waals surface area contributed by atoms with E-state index in [0.717, 1.165) is 0 Å². The number of hydrogen-bond donors (Lipinski definition) is 2. The fourth-order valence-corrected chi connectivity index (χ4v) is 2.44. The minimum absolute atomic E-state index is 0.00458. The molecule has 1 fully saturated rings. The molecule has 1 aromatic rings. The third-order valence-electron chi connectivity index (χ3n) is 3.86. The summed E-state index contributed by atoms with van der Waals surface area (Å²) in [6, 6.07) is 4.81. The predicted octanol–water partition coefficient (Wildman–Crippen LogP) is 2.00. The minimum Gasteiger partial charge on any atom is -0.390 e. The normalized spacial score (nSPS) is 19.7. The second-order valence-electron chi connectivity index (χ2n) is 5.67. The Labute approximate surface area is 117 Å². The van der Waals surface area contributed by atoms with Crippen LogP contribution >= 0.6 is 0 Å². The number of aliphatic hydroxyl groups excluding tert-OH is 1. The van der Waals surface area contributed by atoms with Gasteiger partial charge in [0.25, 0.3) is 5.69 Å². The molecule has 0 aromatic heterocycles. The molecule has 6 heteroatoms. The van der Waals surface area contributed by atoms with E-state index in [9.17, 15) is 20.3 Å². The van der Waals surface area contributed by atoms with Crippen LogP contribution in [0.4, 0.5) is 11.4 Å². The van der Waals surface area contributed by atoms with Gasteiger partial charge in [-0.05, 0) is 38.3 Å². The molecule has 110 valence electrons. The largest absolute Gasteiger partial charge is 0.390 e. The molecule has 2 rings (SSSR count). The molecule has 1 aromatic carbocycles. The molecule has 1 heterocycles. The van der Waals surface area contributed by atoms with Gasteiger partial charge in [0.1, 0.15) is 5.69 Å². The van der Waals surface area contributed by atoms with Crippen LogP contribution in [0.15, 0.2) is 18.2 Å². The second-order valence-corrected chi connectivity index (χ2v) is 5.67. The van der Waals surface area contributed by atoms with Crippen LogP contribution in [0, 0.1) is 10.1 Å². The first-order valence-electron chi connectivity index (χ1n) is 6.74. The smallest absolute Gasteiger partial charge is 0.292 e. The van der Waals surface area contributed by atoms with Gasteiger partial charge in [-0.25, -0.2) is 0 Å². The zero-order valence-corrected chi connectivity index (χ0v) is 11.7. The molecule has 20 heavy (non-hydrogen) atoms. The monoisotopic (exact) mass is 280 g/mol. The lowest BCUT2D eigenvalue weighted by molar-refractivity contribution is -0.384. The molecule has 0 radical (unpaired) electrons. The molecule has 6 nitrogen and oxygen atoms in total. The maximum Gasteiger partial charge on any atom is 0.292 e. The highest BCUT2D eigenvalue weighted by Crippen LogP contribution is 2.34. The standard InChI is InChI=1S/C14H20N2O4/c1-10(17)11-3-4-12(13(9-11)16(19)20)15-7-5-14(2,18)6-8-15/h3-4,9-10,17-18H,5-8H2,1-2H3/t10-/m1/s1. The van der Waals surface area contributed by atoms with Crippen LogP contribution in [0.2, 0.25) is 0 Å². The predicted molar refractivity (Wildman–Crippen MR) is 75.8 cm³/mol. The van der Waals surface area contributed by atoms with Crippen molar-refractivity contribution < 1.29 is 15.1 Å². The van der Waals surface area contributed by atoms with E-state index in [1.165, 1.54) is 6.07 Å². The number of anilines is 1. The molecule has 0 spiro atoms. The van der Waals surface area contributed by atoms with E-state index in [1.54, 1.807) is 26.0 Å². The lowest BCUT2D eigenvalue weighted by Gasteiger charge is -2.36. The highest BCUT2D eigenvalue weighted by molar-refractivity contribution is 5.64. The van der Waals surface area contributed by atoms with E-state index < -0.39 is 16.6 Å². The summed E-state index contributed by atoms with van der Waals surface area (Å²) in [7, 11) is 0. The first kappa shape index (κ1) is 14.7. The van der Waals surface area contributed by atoms with Gasteiger partial charge in [0.2, 0.25) is 0 Å². The fourth-order valence-electron chi connectivity index (χ4n) is 2.44. The molecule has 1 aliphatic heterocycles. The highest BCUT2D eigenvalue weighted by atomic mass is 16.6. The van der Waals surface area contributed by atoms with Crippen molar-refractivity contribution >= 4 is 11.4 Å². The van der Waals surface area contributed by atoms with Crippen LogP contribution in [-0.4, -0.2) is 33.8 Å². The summed E-state index contributed by atoms with van der Waals surface area (Å²) in [6.07, 6.45) is 0.440. The first-order valence-corrected chi connectivity index (χ1v) is 6.74. The fraction of sp³-hybridized carbons (Fsp3) is 0.571. The Hall–Kier alpha value is -1.66. The molecule has 2 N–H and O–H groups in total. The first-order chi connectivity index (χ1) is 9.30.